The lowest BCUT2D eigenvalue weighted by atomic mass is 10.1. The number of ether oxygens (including phenoxy) is 1. The van der Waals surface area contributed by atoms with Crippen molar-refractivity contribution in [2.24, 2.45) is 0 Å². The molecule has 6 heteroatoms. The number of benzene rings is 2. The van der Waals surface area contributed by atoms with Gasteiger partial charge in [-0.3, -0.25) is 10.1 Å². The van der Waals surface area contributed by atoms with E-state index in [0.29, 0.717) is 12.3 Å². The number of aryl methyl sites for hydroxylation is 1. The highest BCUT2D eigenvalue weighted by Crippen LogP contribution is 2.33. The van der Waals surface area contributed by atoms with Crippen LogP contribution >= 0.6 is 0 Å². The molecule has 110 valence electrons. The fourth-order valence-electron chi connectivity index (χ4n) is 1.91. The summed E-state index contributed by atoms with van der Waals surface area (Å²) in [5, 5.41) is 14.0. The number of nitro groups is 1. The fourth-order valence-corrected chi connectivity index (χ4v) is 1.91. The SMILES string of the molecule is CNCc1ccc(C)c(Oc2cc(F)ccc2[N+](=O)[O-])c1. The van der Waals surface area contributed by atoms with Gasteiger partial charge in [0.1, 0.15) is 11.6 Å². The summed E-state index contributed by atoms with van der Waals surface area (Å²) >= 11 is 0. The normalized spacial score (nSPS) is 10.4. The van der Waals surface area contributed by atoms with E-state index in [9.17, 15) is 14.5 Å². The van der Waals surface area contributed by atoms with Crippen LogP contribution in [-0.2, 0) is 6.54 Å². The first-order chi connectivity index (χ1) is 10.0. The van der Waals surface area contributed by atoms with Crippen molar-refractivity contribution in [3.8, 4) is 11.5 Å². The third kappa shape index (κ3) is 3.55. The largest absolute Gasteiger partial charge is 0.450 e. The van der Waals surface area contributed by atoms with Crippen LogP contribution in [0.15, 0.2) is 36.4 Å². The highest BCUT2D eigenvalue weighted by atomic mass is 19.1. The molecule has 1 N–H and O–H groups in total. The van der Waals surface area contributed by atoms with Crippen LogP contribution in [0, 0.1) is 22.9 Å². The third-order valence-electron chi connectivity index (χ3n) is 2.97. The lowest BCUT2D eigenvalue weighted by Crippen LogP contribution is -2.05. The average Bonchev–Trinajstić information content (AvgIpc) is 2.42. The molecule has 0 amide bonds. The van der Waals surface area contributed by atoms with E-state index in [1.54, 1.807) is 6.07 Å². The van der Waals surface area contributed by atoms with Gasteiger partial charge in [-0.25, -0.2) is 4.39 Å². The van der Waals surface area contributed by atoms with E-state index in [1.807, 2.05) is 26.1 Å². The number of nitrogens with zero attached hydrogens (tertiary/aromatic N) is 1. The topological polar surface area (TPSA) is 64.4 Å². The van der Waals surface area contributed by atoms with E-state index >= 15 is 0 Å². The van der Waals surface area contributed by atoms with Crippen molar-refractivity contribution in [1.29, 1.82) is 0 Å². The van der Waals surface area contributed by atoms with Crippen LogP contribution in [0.4, 0.5) is 10.1 Å². The Kier molecular flexibility index (Phi) is 4.49. The molecular weight excluding hydrogens is 275 g/mol. The maximum Gasteiger partial charge on any atom is 0.311 e. The summed E-state index contributed by atoms with van der Waals surface area (Å²) < 4.78 is 18.9. The first-order valence-corrected chi connectivity index (χ1v) is 6.37. The first-order valence-electron chi connectivity index (χ1n) is 6.37. The Morgan fingerprint density at radius 1 is 1.24 bits per heavy atom. The predicted octanol–water partition coefficient (Wildman–Crippen LogP) is 3.55. The highest BCUT2D eigenvalue weighted by molar-refractivity contribution is 5.50. The Morgan fingerprint density at radius 3 is 2.67 bits per heavy atom. The number of rotatable bonds is 5. The Morgan fingerprint density at radius 2 is 2.00 bits per heavy atom. The molecular formula is C15H15FN2O3. The van der Waals surface area contributed by atoms with Crippen LogP contribution in [0.3, 0.4) is 0 Å². The number of nitrogens with one attached hydrogen (secondary N) is 1. The van der Waals surface area contributed by atoms with Crippen molar-refractivity contribution in [2.45, 2.75) is 13.5 Å². The lowest BCUT2D eigenvalue weighted by Gasteiger charge is -2.11. The Hall–Kier alpha value is -2.47. The maximum atomic E-state index is 13.3. The Labute approximate surface area is 121 Å². The molecule has 0 saturated carbocycles. The lowest BCUT2D eigenvalue weighted by molar-refractivity contribution is -0.385. The van der Waals surface area contributed by atoms with Crippen molar-refractivity contribution in [1.82, 2.24) is 5.32 Å². The Balaban J connectivity index is 2.39. The summed E-state index contributed by atoms with van der Waals surface area (Å²) in [6, 6.07) is 8.71. The number of halogens is 1. The zero-order valence-electron chi connectivity index (χ0n) is 11.7. The zero-order valence-corrected chi connectivity index (χ0v) is 11.7. The minimum Gasteiger partial charge on any atom is -0.450 e. The van der Waals surface area contributed by atoms with Crippen molar-refractivity contribution in [2.75, 3.05) is 7.05 Å². The monoisotopic (exact) mass is 290 g/mol. The molecule has 2 rings (SSSR count). The van der Waals surface area contributed by atoms with Crippen LogP contribution < -0.4 is 10.1 Å². The van der Waals surface area contributed by atoms with Gasteiger partial charge in [0.25, 0.3) is 0 Å². The van der Waals surface area contributed by atoms with Crippen LogP contribution in [0.25, 0.3) is 0 Å². The van der Waals surface area contributed by atoms with Crippen molar-refractivity contribution in [3.05, 3.63) is 63.5 Å². The van der Waals surface area contributed by atoms with Crippen LogP contribution in [0.1, 0.15) is 11.1 Å². The molecule has 0 aliphatic rings. The van der Waals surface area contributed by atoms with Crippen molar-refractivity contribution < 1.29 is 14.1 Å². The van der Waals surface area contributed by atoms with Crippen LogP contribution in [0.2, 0.25) is 0 Å². The number of hydrogen-bond donors (Lipinski definition) is 1. The molecule has 0 fully saturated rings. The summed E-state index contributed by atoms with van der Waals surface area (Å²) in [5.74, 6) is -0.221. The van der Waals surface area contributed by atoms with Crippen LogP contribution in [0.5, 0.6) is 11.5 Å². The second kappa shape index (κ2) is 6.32. The molecule has 0 aliphatic carbocycles. The fraction of sp³-hybridized carbons (Fsp3) is 0.200. The second-order valence-corrected chi connectivity index (χ2v) is 4.60. The average molecular weight is 290 g/mol. The van der Waals surface area contributed by atoms with Gasteiger partial charge in [0.05, 0.1) is 4.92 Å². The van der Waals surface area contributed by atoms with Gasteiger partial charge in [0.15, 0.2) is 0 Å². The van der Waals surface area contributed by atoms with E-state index in [4.69, 9.17) is 4.74 Å². The molecule has 0 aromatic heterocycles. The molecule has 0 bridgehead atoms. The summed E-state index contributed by atoms with van der Waals surface area (Å²) in [5.41, 5.74) is 1.51. The minimum absolute atomic E-state index is 0.107. The smallest absolute Gasteiger partial charge is 0.311 e. The molecule has 5 nitrogen and oxygen atoms in total. The van der Waals surface area contributed by atoms with Gasteiger partial charge >= 0.3 is 5.69 Å². The van der Waals surface area contributed by atoms with E-state index in [2.05, 4.69) is 5.32 Å². The molecule has 0 radical (unpaired) electrons. The molecule has 0 spiro atoms. The van der Waals surface area contributed by atoms with E-state index < -0.39 is 10.7 Å². The molecule has 0 unspecified atom stereocenters. The van der Waals surface area contributed by atoms with Gasteiger partial charge in [0, 0.05) is 18.7 Å². The molecule has 2 aromatic carbocycles. The van der Waals surface area contributed by atoms with Crippen molar-refractivity contribution in [3.63, 3.8) is 0 Å². The van der Waals surface area contributed by atoms with Gasteiger partial charge in [-0.1, -0.05) is 12.1 Å². The van der Waals surface area contributed by atoms with Gasteiger partial charge in [-0.05, 0) is 37.2 Å². The molecule has 0 aliphatic heterocycles. The highest BCUT2D eigenvalue weighted by Gasteiger charge is 2.17. The predicted molar refractivity (Wildman–Crippen MR) is 77.1 cm³/mol. The van der Waals surface area contributed by atoms with Crippen molar-refractivity contribution >= 4 is 5.69 Å². The number of nitro benzene ring substituents is 1. The quantitative estimate of drug-likeness (QED) is 0.675. The third-order valence-corrected chi connectivity index (χ3v) is 2.97. The van der Waals surface area contributed by atoms with Gasteiger partial charge in [-0.2, -0.15) is 0 Å². The number of hydrogen-bond acceptors (Lipinski definition) is 4. The van der Waals surface area contributed by atoms with E-state index in [0.717, 1.165) is 29.3 Å². The standard InChI is InChI=1S/C15H15FN2O3/c1-10-3-4-11(9-17-2)7-14(10)21-15-8-12(16)5-6-13(15)18(19)20/h3-8,17H,9H2,1-2H3. The summed E-state index contributed by atoms with van der Waals surface area (Å²) in [7, 11) is 1.82. The van der Waals surface area contributed by atoms with Gasteiger partial charge in [0.2, 0.25) is 5.75 Å². The van der Waals surface area contributed by atoms with Gasteiger partial charge < -0.3 is 10.1 Å². The summed E-state index contributed by atoms with van der Waals surface area (Å²) in [4.78, 5) is 10.4. The maximum absolute atomic E-state index is 13.3. The molecule has 0 heterocycles. The van der Waals surface area contributed by atoms with Gasteiger partial charge in [-0.15, -0.1) is 0 Å². The van der Waals surface area contributed by atoms with E-state index in [1.165, 1.54) is 0 Å². The molecule has 2 aromatic rings. The molecule has 0 saturated heterocycles. The first kappa shape index (κ1) is 14.9. The molecule has 21 heavy (non-hydrogen) atoms. The second-order valence-electron chi connectivity index (χ2n) is 4.60. The van der Waals surface area contributed by atoms with Crippen LogP contribution in [-0.4, -0.2) is 12.0 Å². The molecule has 0 atom stereocenters. The van der Waals surface area contributed by atoms with E-state index in [-0.39, 0.29) is 11.4 Å². The Bertz CT molecular complexity index is 674. The summed E-state index contributed by atoms with van der Waals surface area (Å²) in [6.07, 6.45) is 0. The summed E-state index contributed by atoms with van der Waals surface area (Å²) in [6.45, 7) is 2.46. The minimum atomic E-state index is -0.596. The zero-order chi connectivity index (χ0) is 15.4.